The minimum atomic E-state index is 0. The zero-order valence-electron chi connectivity index (χ0n) is 35.0. The van der Waals surface area contributed by atoms with Gasteiger partial charge in [0, 0.05) is 44.1 Å². The molecule has 1 aliphatic rings. The largest absolute Gasteiger partial charge is 0.503 e. The monoisotopic (exact) mass is 984 g/mol. The molecule has 306 valence electrons. The number of hydrogen-bond acceptors (Lipinski definition) is 3. The van der Waals surface area contributed by atoms with Crippen LogP contribution in [0.2, 0.25) is 0 Å². The zero-order chi connectivity index (χ0) is 41.3. The third kappa shape index (κ3) is 6.76. The number of fused-ring (bicyclic) bond motifs is 5. The summed E-state index contributed by atoms with van der Waals surface area (Å²) < 4.78 is 17.6. The molecule has 1 aliphatic carbocycles. The second-order valence-corrected chi connectivity index (χ2v) is 17.4. The molecule has 6 heteroatoms. The Balaban J connectivity index is 0.00000458. The number of para-hydroxylation sites is 4. The number of pyridine rings is 1. The Hall–Kier alpha value is -6.55. The van der Waals surface area contributed by atoms with Crippen LogP contribution in [-0.4, -0.2) is 9.55 Å². The van der Waals surface area contributed by atoms with Gasteiger partial charge in [-0.2, -0.15) is 12.1 Å². The fraction of sp³-hybridized carbons (Fsp3) is 0.143. The van der Waals surface area contributed by atoms with Crippen molar-refractivity contribution in [3.8, 4) is 56.4 Å². The molecule has 0 radical (unpaired) electrons. The van der Waals surface area contributed by atoms with Crippen LogP contribution in [0.3, 0.4) is 0 Å². The third-order valence-corrected chi connectivity index (χ3v) is 12.6. The molecule has 11 rings (SSSR count). The van der Waals surface area contributed by atoms with Gasteiger partial charge in [0.2, 0.25) is 0 Å². The number of imidazole rings is 1. The van der Waals surface area contributed by atoms with Crippen molar-refractivity contribution in [3.05, 3.63) is 194 Å². The van der Waals surface area contributed by atoms with E-state index in [-0.39, 0.29) is 31.9 Å². The van der Waals surface area contributed by atoms with Crippen LogP contribution in [0.5, 0.6) is 11.5 Å². The minimum Gasteiger partial charge on any atom is -0.503 e. The van der Waals surface area contributed by atoms with Gasteiger partial charge in [0.1, 0.15) is 5.58 Å². The topological polar surface area (TPSA) is 44.1 Å². The van der Waals surface area contributed by atoms with Crippen LogP contribution in [0.25, 0.3) is 77.9 Å². The summed E-state index contributed by atoms with van der Waals surface area (Å²) in [6.07, 6.45) is 8.07. The van der Waals surface area contributed by atoms with Gasteiger partial charge in [-0.05, 0) is 74.5 Å². The fourth-order valence-electron chi connectivity index (χ4n) is 9.20. The Labute approximate surface area is 376 Å². The molecule has 3 heterocycles. The Morgan fingerprint density at radius 1 is 0.629 bits per heavy atom. The van der Waals surface area contributed by atoms with E-state index in [0.717, 1.165) is 90.7 Å². The summed E-state index contributed by atoms with van der Waals surface area (Å²) in [6, 6.07) is 61.7. The molecule has 5 nitrogen and oxygen atoms in total. The predicted octanol–water partition coefficient (Wildman–Crippen LogP) is 13.7. The summed E-state index contributed by atoms with van der Waals surface area (Å²) >= 11 is 0. The Morgan fingerprint density at radius 3 is 2.02 bits per heavy atom. The number of rotatable bonds is 7. The quantitative estimate of drug-likeness (QED) is 0.118. The van der Waals surface area contributed by atoms with Crippen LogP contribution in [0.4, 0.5) is 0 Å². The maximum Gasteiger partial charge on any atom is 0.268 e. The van der Waals surface area contributed by atoms with Gasteiger partial charge < -0.3 is 18.7 Å². The Kier molecular flexibility index (Phi) is 9.84. The summed E-state index contributed by atoms with van der Waals surface area (Å²) in [5, 5.41) is 1.96. The molecule has 3 aromatic heterocycles. The van der Waals surface area contributed by atoms with Crippen molar-refractivity contribution in [2.75, 3.05) is 0 Å². The summed E-state index contributed by atoms with van der Waals surface area (Å²) in [6.45, 7) is 9.32. The molecule has 0 aliphatic heterocycles. The van der Waals surface area contributed by atoms with E-state index in [2.05, 4.69) is 177 Å². The average molecular weight is 985 g/mol. The van der Waals surface area contributed by atoms with E-state index in [0.29, 0.717) is 11.5 Å². The molecule has 0 saturated carbocycles. The molecule has 10 aromatic rings. The van der Waals surface area contributed by atoms with Gasteiger partial charge in [-0.25, -0.2) is 0 Å². The van der Waals surface area contributed by atoms with Gasteiger partial charge in [-0.3, -0.25) is 4.57 Å². The van der Waals surface area contributed by atoms with Crippen LogP contribution < -0.4 is 9.30 Å². The van der Waals surface area contributed by atoms with E-state index < -0.39 is 0 Å². The molecule has 0 saturated heterocycles. The smallest absolute Gasteiger partial charge is 0.268 e. The van der Waals surface area contributed by atoms with Crippen molar-refractivity contribution in [2.45, 2.75) is 51.4 Å². The maximum atomic E-state index is 6.76. The molecule has 0 amide bonds. The number of furan rings is 1. The fourth-order valence-corrected chi connectivity index (χ4v) is 9.20. The van der Waals surface area contributed by atoms with Crippen LogP contribution in [0, 0.1) is 18.5 Å². The van der Waals surface area contributed by atoms with Crippen molar-refractivity contribution >= 4 is 33.0 Å². The Morgan fingerprint density at radius 2 is 1.27 bits per heavy atom. The van der Waals surface area contributed by atoms with Gasteiger partial charge in [0.15, 0.2) is 0 Å². The molecule has 62 heavy (non-hydrogen) atoms. The molecule has 0 bridgehead atoms. The second kappa shape index (κ2) is 15.4. The molecule has 0 N–H and O–H groups in total. The number of benzene rings is 7. The number of ether oxygens (including phenoxy) is 1. The summed E-state index contributed by atoms with van der Waals surface area (Å²) in [5.74, 6) is 1.11. The molecular formula is C56H43N3O2Pt-2. The van der Waals surface area contributed by atoms with E-state index in [1.807, 2.05) is 42.5 Å². The SMILES string of the molecule is CC1(C)CCC(C)(C)c2cc(-c3[c-]c(Oc4[c-]c(-[n+]5[c-]n(-c6c(-c7ccccc7)cccc6-c6ccccc6)c6ccccc65)ccc4)cc4c3oc3ccccc34)ncc21.[Pt]. The first kappa shape index (κ1) is 39.6. The van der Waals surface area contributed by atoms with E-state index in [1.54, 1.807) is 0 Å². The van der Waals surface area contributed by atoms with Crippen molar-refractivity contribution < 1.29 is 34.8 Å². The van der Waals surface area contributed by atoms with Gasteiger partial charge in [0.25, 0.3) is 6.33 Å². The van der Waals surface area contributed by atoms with Crippen molar-refractivity contribution in [1.82, 2.24) is 9.55 Å². The van der Waals surface area contributed by atoms with Crippen LogP contribution in [0.1, 0.15) is 51.7 Å². The van der Waals surface area contributed by atoms with Crippen molar-refractivity contribution in [1.29, 1.82) is 0 Å². The standard InChI is InChI=1S/C56H43N3O2.Pt/c1-55(2)29-30-56(3,4)48-35-57-49(34-47(48)55)46-33-41(32-45-44-23-11-14-28-52(44)61-54(45)46)60-40-22-15-21-39(31-40)58-36-59(51-27-13-12-26-50(51)58)53-42(37-17-7-5-8-18-37)24-16-25-43(53)38-19-9-6-10-20-38;/h5-28,32,34-35H,29-30H2,1-4H3;/q-2;. The maximum absolute atomic E-state index is 6.76. The van der Waals surface area contributed by atoms with Gasteiger partial charge >= 0.3 is 0 Å². The molecule has 0 atom stereocenters. The molecule has 7 aromatic carbocycles. The molecule has 0 fully saturated rings. The summed E-state index contributed by atoms with van der Waals surface area (Å²) in [5.41, 5.74) is 14.2. The average Bonchev–Trinajstić information content (AvgIpc) is 3.87. The molecule has 0 unspecified atom stereocenters. The molecular weight excluding hydrogens is 942 g/mol. The first-order valence-corrected chi connectivity index (χ1v) is 21.0. The van der Waals surface area contributed by atoms with E-state index in [4.69, 9.17) is 14.1 Å². The van der Waals surface area contributed by atoms with Crippen LogP contribution in [0.15, 0.2) is 168 Å². The van der Waals surface area contributed by atoms with Gasteiger partial charge in [-0.15, -0.1) is 12.1 Å². The van der Waals surface area contributed by atoms with Crippen LogP contribution >= 0.6 is 0 Å². The zero-order valence-corrected chi connectivity index (χ0v) is 37.2. The van der Waals surface area contributed by atoms with E-state index >= 15 is 0 Å². The summed E-state index contributed by atoms with van der Waals surface area (Å²) in [7, 11) is 0. The molecule has 0 spiro atoms. The van der Waals surface area contributed by atoms with Crippen LogP contribution in [-0.2, 0) is 31.9 Å². The first-order chi connectivity index (χ1) is 29.7. The van der Waals surface area contributed by atoms with Crippen molar-refractivity contribution in [3.63, 3.8) is 0 Å². The number of hydrogen-bond donors (Lipinski definition) is 0. The van der Waals surface area contributed by atoms with Gasteiger partial charge in [-0.1, -0.05) is 178 Å². The van der Waals surface area contributed by atoms with E-state index in [1.165, 1.54) is 11.1 Å². The van der Waals surface area contributed by atoms with Gasteiger partial charge in [0.05, 0.1) is 22.3 Å². The normalized spacial score (nSPS) is 14.1. The Bertz CT molecular complexity index is 3230. The first-order valence-electron chi connectivity index (χ1n) is 21.0. The second-order valence-electron chi connectivity index (χ2n) is 17.4. The summed E-state index contributed by atoms with van der Waals surface area (Å²) in [4.78, 5) is 5.09. The van der Waals surface area contributed by atoms with E-state index in [9.17, 15) is 0 Å². The minimum absolute atomic E-state index is 0. The third-order valence-electron chi connectivity index (χ3n) is 12.6. The number of aromatic nitrogens is 3. The predicted molar refractivity (Wildman–Crippen MR) is 244 cm³/mol. The van der Waals surface area contributed by atoms with Crippen molar-refractivity contribution in [2.24, 2.45) is 0 Å². The number of nitrogens with zero attached hydrogens (tertiary/aromatic N) is 3.